The van der Waals surface area contributed by atoms with E-state index in [0.29, 0.717) is 40.5 Å². The van der Waals surface area contributed by atoms with Gasteiger partial charge in [0.2, 0.25) is 0 Å². The third-order valence-electron chi connectivity index (χ3n) is 3.31. The predicted octanol–water partition coefficient (Wildman–Crippen LogP) is 4.21. The zero-order valence-corrected chi connectivity index (χ0v) is 12.6. The number of hydrogen-bond donors (Lipinski definition) is 0. The maximum absolute atomic E-state index is 13.7. The summed E-state index contributed by atoms with van der Waals surface area (Å²) < 4.78 is 15.6. The summed E-state index contributed by atoms with van der Waals surface area (Å²) in [5, 5.41) is 0.530. The van der Waals surface area contributed by atoms with Crippen LogP contribution in [0.2, 0.25) is 5.02 Å². The Kier molecular flexibility index (Phi) is 4.08. The second kappa shape index (κ2) is 6.00. The van der Waals surface area contributed by atoms with Crippen LogP contribution in [0.15, 0.2) is 36.5 Å². The number of alkyl halides is 1. The highest BCUT2D eigenvalue weighted by molar-refractivity contribution is 6.31. The molecule has 0 N–H and O–H groups in total. The number of aryl methyl sites for hydroxylation is 2. The Hall–Kier alpha value is -1.65. The van der Waals surface area contributed by atoms with Crippen LogP contribution in [0.3, 0.4) is 0 Å². The third-order valence-corrected chi connectivity index (χ3v) is 3.76. The first kappa shape index (κ1) is 14.3. The number of pyridine rings is 1. The zero-order chi connectivity index (χ0) is 14.8. The van der Waals surface area contributed by atoms with E-state index < -0.39 is 0 Å². The van der Waals surface area contributed by atoms with E-state index in [4.69, 9.17) is 23.2 Å². The van der Waals surface area contributed by atoms with Crippen molar-refractivity contribution < 1.29 is 4.39 Å². The van der Waals surface area contributed by atoms with Gasteiger partial charge in [-0.3, -0.25) is 0 Å². The maximum Gasteiger partial charge on any atom is 0.160 e. The van der Waals surface area contributed by atoms with Gasteiger partial charge in [0.1, 0.15) is 17.2 Å². The summed E-state index contributed by atoms with van der Waals surface area (Å²) in [4.78, 5) is 8.72. The highest BCUT2D eigenvalue weighted by atomic mass is 35.5. The molecular formula is C15H12Cl2FN3. The average molecular weight is 324 g/mol. The van der Waals surface area contributed by atoms with Gasteiger partial charge in [0.15, 0.2) is 5.65 Å². The molecule has 108 valence electrons. The van der Waals surface area contributed by atoms with Gasteiger partial charge in [-0.2, -0.15) is 0 Å². The topological polar surface area (TPSA) is 30.7 Å². The van der Waals surface area contributed by atoms with Gasteiger partial charge in [-0.15, -0.1) is 11.6 Å². The fraction of sp³-hybridized carbons (Fsp3) is 0.200. The molecule has 0 atom stereocenters. The first-order valence-corrected chi connectivity index (χ1v) is 7.40. The number of halogens is 3. The summed E-state index contributed by atoms with van der Waals surface area (Å²) in [6.45, 7) is 0.564. The van der Waals surface area contributed by atoms with E-state index in [1.54, 1.807) is 24.4 Å². The molecular weight excluding hydrogens is 312 g/mol. The summed E-state index contributed by atoms with van der Waals surface area (Å²) >= 11 is 11.9. The molecule has 2 aromatic heterocycles. The summed E-state index contributed by atoms with van der Waals surface area (Å²) in [6.07, 6.45) is 2.12. The molecule has 0 saturated carbocycles. The molecule has 0 fully saturated rings. The van der Waals surface area contributed by atoms with Gasteiger partial charge < -0.3 is 4.57 Å². The second-order valence-electron chi connectivity index (χ2n) is 4.65. The molecule has 6 heteroatoms. The van der Waals surface area contributed by atoms with Crippen molar-refractivity contribution in [2.24, 2.45) is 0 Å². The van der Waals surface area contributed by atoms with Crippen molar-refractivity contribution in [1.29, 1.82) is 0 Å². The van der Waals surface area contributed by atoms with Crippen LogP contribution in [0.5, 0.6) is 0 Å². The lowest BCUT2D eigenvalue weighted by atomic mass is 10.1. The fourth-order valence-corrected chi connectivity index (χ4v) is 2.66. The predicted molar refractivity (Wildman–Crippen MR) is 82.2 cm³/mol. The molecule has 3 nitrogen and oxygen atoms in total. The van der Waals surface area contributed by atoms with E-state index >= 15 is 0 Å². The van der Waals surface area contributed by atoms with Gasteiger partial charge in [0, 0.05) is 12.7 Å². The molecule has 2 heterocycles. The van der Waals surface area contributed by atoms with E-state index in [9.17, 15) is 4.39 Å². The van der Waals surface area contributed by atoms with Crippen molar-refractivity contribution in [3.05, 3.63) is 58.8 Å². The monoisotopic (exact) mass is 323 g/mol. The van der Waals surface area contributed by atoms with Crippen molar-refractivity contribution in [3.63, 3.8) is 0 Å². The number of aromatic nitrogens is 3. The summed E-state index contributed by atoms with van der Waals surface area (Å²) in [5.41, 5.74) is 2.08. The molecule has 3 aromatic rings. The smallest absolute Gasteiger partial charge is 0.160 e. The zero-order valence-electron chi connectivity index (χ0n) is 11.1. The number of fused-ring (bicyclic) bond motifs is 1. The van der Waals surface area contributed by atoms with Crippen molar-refractivity contribution >= 4 is 34.4 Å². The summed E-state index contributed by atoms with van der Waals surface area (Å²) in [7, 11) is 0. The van der Waals surface area contributed by atoms with Gasteiger partial charge in [-0.25, -0.2) is 14.4 Å². The van der Waals surface area contributed by atoms with Gasteiger partial charge in [0.05, 0.1) is 10.9 Å². The standard InChI is InChI=1S/C15H12Cl2FN3/c16-8-14-20-13-7-11(17)9-19-15(13)21(14)6-5-10-3-1-2-4-12(10)18/h1-4,7,9H,5-6,8H2. The molecule has 0 unspecified atom stereocenters. The molecule has 0 saturated heterocycles. The molecule has 0 bridgehead atoms. The molecule has 0 aliphatic rings. The van der Waals surface area contributed by atoms with Gasteiger partial charge >= 0.3 is 0 Å². The number of hydrogen-bond acceptors (Lipinski definition) is 2. The lowest BCUT2D eigenvalue weighted by molar-refractivity contribution is 0.592. The van der Waals surface area contributed by atoms with Crippen molar-refractivity contribution in [3.8, 4) is 0 Å². The first-order chi connectivity index (χ1) is 10.2. The van der Waals surface area contributed by atoms with Gasteiger partial charge in [-0.1, -0.05) is 29.8 Å². The third kappa shape index (κ3) is 2.87. The van der Waals surface area contributed by atoms with Crippen LogP contribution >= 0.6 is 23.2 Å². The number of imidazole rings is 1. The van der Waals surface area contributed by atoms with Crippen LogP contribution in [0, 0.1) is 5.82 Å². The second-order valence-corrected chi connectivity index (χ2v) is 5.35. The van der Waals surface area contributed by atoms with Gasteiger partial charge in [0.25, 0.3) is 0 Å². The van der Waals surface area contributed by atoms with Crippen molar-refractivity contribution in [2.45, 2.75) is 18.8 Å². The Balaban J connectivity index is 1.94. The van der Waals surface area contributed by atoms with Crippen LogP contribution in [0.4, 0.5) is 4.39 Å². The summed E-state index contributed by atoms with van der Waals surface area (Å²) in [5.74, 6) is 0.772. The average Bonchev–Trinajstić information content (AvgIpc) is 2.83. The Labute approximate surface area is 131 Å². The molecule has 21 heavy (non-hydrogen) atoms. The number of rotatable bonds is 4. The highest BCUT2D eigenvalue weighted by Gasteiger charge is 2.12. The molecule has 0 radical (unpaired) electrons. The number of benzene rings is 1. The van der Waals surface area contributed by atoms with E-state index in [2.05, 4.69) is 9.97 Å². The molecule has 0 spiro atoms. The van der Waals surface area contributed by atoms with Crippen LogP contribution in [0.1, 0.15) is 11.4 Å². The SMILES string of the molecule is Fc1ccccc1CCn1c(CCl)nc2cc(Cl)cnc21. The minimum absolute atomic E-state index is 0.203. The van der Waals surface area contributed by atoms with E-state index in [1.807, 2.05) is 10.6 Å². The quantitative estimate of drug-likeness (QED) is 0.673. The van der Waals surface area contributed by atoms with E-state index in [0.717, 1.165) is 0 Å². The van der Waals surface area contributed by atoms with Crippen molar-refractivity contribution in [2.75, 3.05) is 0 Å². The fourth-order valence-electron chi connectivity index (χ4n) is 2.30. The molecule has 0 aliphatic carbocycles. The van der Waals surface area contributed by atoms with Crippen LogP contribution in [-0.2, 0) is 18.8 Å². The maximum atomic E-state index is 13.7. The van der Waals surface area contributed by atoms with E-state index in [-0.39, 0.29) is 11.7 Å². The minimum atomic E-state index is -0.203. The van der Waals surface area contributed by atoms with Crippen molar-refractivity contribution in [1.82, 2.24) is 14.5 Å². The van der Waals surface area contributed by atoms with Crippen LogP contribution in [0.25, 0.3) is 11.2 Å². The lowest BCUT2D eigenvalue weighted by Gasteiger charge is -2.08. The highest BCUT2D eigenvalue weighted by Crippen LogP contribution is 2.20. The Morgan fingerprint density at radius 2 is 2.05 bits per heavy atom. The molecule has 0 amide bonds. The minimum Gasteiger partial charge on any atom is -0.311 e. The Bertz CT molecular complexity index is 786. The van der Waals surface area contributed by atoms with Crippen LogP contribution < -0.4 is 0 Å². The molecule has 3 rings (SSSR count). The normalized spacial score (nSPS) is 11.2. The molecule has 0 aliphatic heterocycles. The molecule has 1 aromatic carbocycles. The number of nitrogens with zero attached hydrogens (tertiary/aromatic N) is 3. The van der Waals surface area contributed by atoms with Crippen LogP contribution in [-0.4, -0.2) is 14.5 Å². The summed E-state index contributed by atoms with van der Waals surface area (Å²) in [6, 6.07) is 8.49. The Morgan fingerprint density at radius 3 is 2.81 bits per heavy atom. The van der Waals surface area contributed by atoms with E-state index in [1.165, 1.54) is 6.07 Å². The van der Waals surface area contributed by atoms with Gasteiger partial charge in [-0.05, 0) is 24.1 Å². The largest absolute Gasteiger partial charge is 0.311 e. The first-order valence-electron chi connectivity index (χ1n) is 6.49. The Morgan fingerprint density at radius 1 is 1.24 bits per heavy atom. The lowest BCUT2D eigenvalue weighted by Crippen LogP contribution is -2.06.